The lowest BCUT2D eigenvalue weighted by atomic mass is 10.2. The van der Waals surface area contributed by atoms with Gasteiger partial charge in [-0.3, -0.25) is 9.78 Å². The summed E-state index contributed by atoms with van der Waals surface area (Å²) >= 11 is 8.32. The van der Waals surface area contributed by atoms with Crippen molar-refractivity contribution in [2.24, 2.45) is 0 Å². The Bertz CT molecular complexity index is 785. The SMILES string of the molecule is Cc1cc(Br)c(F)cc1-n1c(=O)[nH]c(Cl)c(F)c1=O. The lowest BCUT2D eigenvalue weighted by Crippen LogP contribution is -2.36. The average molecular weight is 352 g/mol. The van der Waals surface area contributed by atoms with Crippen molar-refractivity contribution in [3.8, 4) is 5.69 Å². The predicted octanol–water partition coefficient (Wildman–Crippen LogP) is 2.53. The fourth-order valence-electron chi connectivity index (χ4n) is 1.58. The molecule has 0 aliphatic rings. The highest BCUT2D eigenvalue weighted by atomic mass is 79.9. The van der Waals surface area contributed by atoms with Crippen LogP contribution < -0.4 is 11.2 Å². The fraction of sp³-hybridized carbons (Fsp3) is 0.0909. The maximum atomic E-state index is 13.5. The summed E-state index contributed by atoms with van der Waals surface area (Å²) in [5.41, 5.74) is -1.81. The van der Waals surface area contributed by atoms with Crippen molar-refractivity contribution in [2.75, 3.05) is 0 Å². The van der Waals surface area contributed by atoms with Crippen LogP contribution in [0.5, 0.6) is 0 Å². The van der Waals surface area contributed by atoms with Crippen molar-refractivity contribution in [1.29, 1.82) is 0 Å². The van der Waals surface area contributed by atoms with Gasteiger partial charge < -0.3 is 0 Å². The number of aromatic nitrogens is 2. The van der Waals surface area contributed by atoms with Crippen LogP contribution in [0.15, 0.2) is 26.2 Å². The maximum Gasteiger partial charge on any atom is 0.334 e. The fourth-order valence-corrected chi connectivity index (χ4v) is 2.20. The second kappa shape index (κ2) is 4.90. The molecule has 100 valence electrons. The quantitative estimate of drug-likeness (QED) is 0.803. The Labute approximate surface area is 118 Å². The van der Waals surface area contributed by atoms with Gasteiger partial charge in [0.25, 0.3) is 5.56 Å². The Balaban J connectivity index is 2.88. The van der Waals surface area contributed by atoms with Gasteiger partial charge >= 0.3 is 5.69 Å². The van der Waals surface area contributed by atoms with Crippen molar-refractivity contribution < 1.29 is 8.78 Å². The Hall–Kier alpha value is -1.47. The number of hydrogen-bond acceptors (Lipinski definition) is 2. The van der Waals surface area contributed by atoms with Crippen LogP contribution in [-0.2, 0) is 0 Å². The van der Waals surface area contributed by atoms with E-state index >= 15 is 0 Å². The highest BCUT2D eigenvalue weighted by Gasteiger charge is 2.16. The number of nitrogens with one attached hydrogen (secondary N) is 1. The smallest absolute Gasteiger partial charge is 0.295 e. The Morgan fingerprint density at radius 2 is 1.95 bits per heavy atom. The molecule has 0 spiro atoms. The van der Waals surface area contributed by atoms with Crippen LogP contribution in [-0.4, -0.2) is 9.55 Å². The first-order valence-electron chi connectivity index (χ1n) is 4.99. The monoisotopic (exact) mass is 350 g/mol. The zero-order valence-electron chi connectivity index (χ0n) is 9.43. The van der Waals surface area contributed by atoms with E-state index in [-0.39, 0.29) is 10.2 Å². The van der Waals surface area contributed by atoms with Crippen molar-refractivity contribution in [1.82, 2.24) is 9.55 Å². The summed E-state index contributed by atoms with van der Waals surface area (Å²) in [6.07, 6.45) is 0. The molecule has 0 fully saturated rings. The molecule has 0 radical (unpaired) electrons. The molecule has 0 bridgehead atoms. The summed E-state index contributed by atoms with van der Waals surface area (Å²) in [6.45, 7) is 1.55. The Morgan fingerprint density at radius 3 is 2.58 bits per heavy atom. The lowest BCUT2D eigenvalue weighted by Gasteiger charge is -2.09. The summed E-state index contributed by atoms with van der Waals surface area (Å²) < 4.78 is 27.6. The molecular weight excluding hydrogens is 345 g/mol. The minimum Gasteiger partial charge on any atom is -0.295 e. The van der Waals surface area contributed by atoms with Gasteiger partial charge in [0.05, 0.1) is 10.2 Å². The lowest BCUT2D eigenvalue weighted by molar-refractivity contribution is 0.581. The second-order valence-corrected chi connectivity index (χ2v) is 4.98. The standard InChI is InChI=1S/C11H6BrClF2N2O2/c1-4-2-5(12)6(14)3-7(4)17-10(18)8(15)9(13)16-11(17)19/h2-3H,1H3,(H,16,19). The van der Waals surface area contributed by atoms with Gasteiger partial charge in [-0.05, 0) is 40.5 Å². The minimum atomic E-state index is -1.30. The van der Waals surface area contributed by atoms with Gasteiger partial charge in [0, 0.05) is 0 Å². The first kappa shape index (κ1) is 14.0. The first-order valence-corrected chi connectivity index (χ1v) is 6.16. The van der Waals surface area contributed by atoms with Crippen molar-refractivity contribution in [3.63, 3.8) is 0 Å². The van der Waals surface area contributed by atoms with Crippen LogP contribution in [0, 0.1) is 18.6 Å². The third kappa shape index (κ3) is 2.35. The number of hydrogen-bond donors (Lipinski definition) is 1. The van der Waals surface area contributed by atoms with Gasteiger partial charge in [0.1, 0.15) is 5.82 Å². The number of H-pyrrole nitrogens is 1. The third-order valence-corrected chi connectivity index (χ3v) is 3.35. The van der Waals surface area contributed by atoms with Crippen LogP contribution >= 0.6 is 27.5 Å². The van der Waals surface area contributed by atoms with E-state index in [1.54, 1.807) is 6.92 Å². The van der Waals surface area contributed by atoms with Gasteiger partial charge in [0.2, 0.25) is 5.82 Å². The van der Waals surface area contributed by atoms with E-state index in [9.17, 15) is 18.4 Å². The summed E-state index contributed by atoms with van der Waals surface area (Å²) in [6, 6.07) is 2.34. The van der Waals surface area contributed by atoms with Crippen molar-refractivity contribution in [3.05, 3.63) is 59.8 Å². The van der Waals surface area contributed by atoms with E-state index in [4.69, 9.17) is 11.6 Å². The van der Waals surface area contributed by atoms with Crippen LogP contribution in [0.2, 0.25) is 5.15 Å². The molecule has 0 amide bonds. The summed E-state index contributed by atoms with van der Waals surface area (Å²) in [5, 5.41) is -0.679. The molecule has 0 atom stereocenters. The van der Waals surface area contributed by atoms with E-state index in [0.29, 0.717) is 10.1 Å². The van der Waals surface area contributed by atoms with E-state index in [1.165, 1.54) is 6.07 Å². The summed E-state index contributed by atoms with van der Waals surface area (Å²) in [5.74, 6) is -1.98. The number of halogens is 4. The molecule has 0 unspecified atom stereocenters. The van der Waals surface area contributed by atoms with Gasteiger partial charge in [-0.25, -0.2) is 13.8 Å². The summed E-state index contributed by atoms with van der Waals surface area (Å²) in [4.78, 5) is 25.4. The predicted molar refractivity (Wildman–Crippen MR) is 70.0 cm³/mol. The van der Waals surface area contributed by atoms with Gasteiger partial charge in [-0.2, -0.15) is 4.39 Å². The largest absolute Gasteiger partial charge is 0.334 e. The molecule has 1 aromatic heterocycles. The molecule has 1 heterocycles. The molecular formula is C11H6BrClF2N2O2. The molecule has 0 aliphatic heterocycles. The Morgan fingerprint density at radius 1 is 1.32 bits per heavy atom. The van der Waals surface area contributed by atoms with Crippen LogP contribution in [0.25, 0.3) is 5.69 Å². The van der Waals surface area contributed by atoms with E-state index in [0.717, 1.165) is 6.07 Å². The molecule has 2 rings (SSSR count). The van der Waals surface area contributed by atoms with Gasteiger partial charge in [-0.15, -0.1) is 0 Å². The molecule has 2 aromatic rings. The molecule has 0 saturated heterocycles. The number of benzene rings is 1. The molecule has 8 heteroatoms. The highest BCUT2D eigenvalue weighted by Crippen LogP contribution is 2.21. The minimum absolute atomic E-state index is 0.0532. The first-order chi connectivity index (χ1) is 8.82. The molecule has 1 N–H and O–H groups in total. The molecule has 0 saturated carbocycles. The number of nitrogens with zero attached hydrogens (tertiary/aromatic N) is 1. The summed E-state index contributed by atoms with van der Waals surface area (Å²) in [7, 11) is 0. The van der Waals surface area contributed by atoms with Crippen LogP contribution in [0.4, 0.5) is 8.78 Å². The molecule has 19 heavy (non-hydrogen) atoms. The maximum absolute atomic E-state index is 13.5. The number of aryl methyl sites for hydroxylation is 1. The number of aromatic amines is 1. The van der Waals surface area contributed by atoms with Crippen LogP contribution in [0.3, 0.4) is 0 Å². The van der Waals surface area contributed by atoms with E-state index in [1.807, 2.05) is 4.98 Å². The normalized spacial score (nSPS) is 10.8. The van der Waals surface area contributed by atoms with Crippen molar-refractivity contribution >= 4 is 27.5 Å². The zero-order chi connectivity index (χ0) is 14.3. The molecule has 1 aromatic carbocycles. The number of rotatable bonds is 1. The highest BCUT2D eigenvalue weighted by molar-refractivity contribution is 9.10. The van der Waals surface area contributed by atoms with Crippen molar-refractivity contribution in [2.45, 2.75) is 6.92 Å². The van der Waals surface area contributed by atoms with Crippen LogP contribution in [0.1, 0.15) is 5.56 Å². The third-order valence-electron chi connectivity index (χ3n) is 2.48. The zero-order valence-corrected chi connectivity index (χ0v) is 11.8. The second-order valence-electron chi connectivity index (χ2n) is 3.75. The van der Waals surface area contributed by atoms with Gasteiger partial charge in [-0.1, -0.05) is 11.6 Å². The average Bonchev–Trinajstić information content (AvgIpc) is 2.33. The molecule has 0 aliphatic carbocycles. The Kier molecular flexibility index (Phi) is 3.60. The topological polar surface area (TPSA) is 54.9 Å². The van der Waals surface area contributed by atoms with E-state index in [2.05, 4.69) is 15.9 Å². The molecule has 4 nitrogen and oxygen atoms in total. The van der Waals surface area contributed by atoms with E-state index < -0.39 is 28.0 Å². The van der Waals surface area contributed by atoms with Gasteiger partial charge in [0.15, 0.2) is 5.15 Å².